The number of ether oxygens (including phenoxy) is 1. The highest BCUT2D eigenvalue weighted by atomic mass is 79.9. The Hall–Kier alpha value is -1.29. The average Bonchev–Trinajstić information content (AvgIpc) is 2.68. The number of hydrogen-bond donors (Lipinski definition) is 0. The summed E-state index contributed by atoms with van der Waals surface area (Å²) in [7, 11) is 0. The van der Waals surface area contributed by atoms with Gasteiger partial charge in [-0.2, -0.15) is 0 Å². The topological polar surface area (TPSA) is 27.1 Å². The third-order valence-corrected chi connectivity index (χ3v) is 3.25. The minimum Gasteiger partial charge on any atom is -0.487 e. The Morgan fingerprint density at radius 2 is 2.17 bits per heavy atom. The molecule has 3 nitrogen and oxygen atoms in total. The van der Waals surface area contributed by atoms with Gasteiger partial charge in [0.1, 0.15) is 18.2 Å². The molecule has 1 heterocycles. The number of imidazole rings is 1. The Morgan fingerprint density at radius 1 is 1.39 bits per heavy atom. The van der Waals surface area contributed by atoms with Crippen molar-refractivity contribution in [2.75, 3.05) is 0 Å². The van der Waals surface area contributed by atoms with Crippen LogP contribution in [0.2, 0.25) is 0 Å². The molecule has 0 N–H and O–H groups in total. The van der Waals surface area contributed by atoms with Crippen molar-refractivity contribution in [3.63, 3.8) is 0 Å². The van der Waals surface area contributed by atoms with Crippen LogP contribution in [0.5, 0.6) is 5.75 Å². The number of nitrogens with zero attached hydrogens (tertiary/aromatic N) is 2. The molecule has 0 unspecified atom stereocenters. The molecule has 4 heteroatoms. The van der Waals surface area contributed by atoms with Crippen LogP contribution in [0.15, 0.2) is 34.9 Å². The van der Waals surface area contributed by atoms with E-state index >= 15 is 0 Å². The van der Waals surface area contributed by atoms with Crippen molar-refractivity contribution >= 4 is 15.9 Å². The first-order valence-corrected chi connectivity index (χ1v) is 6.78. The van der Waals surface area contributed by atoms with E-state index in [0.29, 0.717) is 12.6 Å². The van der Waals surface area contributed by atoms with Crippen LogP contribution in [0.3, 0.4) is 0 Å². The molecule has 0 amide bonds. The standard InChI is InChI=1S/C14H17BrN2O/c1-10(2)17-11(3)16-8-13(17)9-18-14-6-4-5-12(15)7-14/h4-8,10H,9H2,1-3H3. The van der Waals surface area contributed by atoms with Crippen LogP contribution in [-0.4, -0.2) is 9.55 Å². The Morgan fingerprint density at radius 3 is 2.83 bits per heavy atom. The van der Waals surface area contributed by atoms with Crippen molar-refractivity contribution in [1.29, 1.82) is 0 Å². The molecule has 96 valence electrons. The van der Waals surface area contributed by atoms with E-state index in [-0.39, 0.29) is 0 Å². The summed E-state index contributed by atoms with van der Waals surface area (Å²) >= 11 is 3.43. The van der Waals surface area contributed by atoms with E-state index in [4.69, 9.17) is 4.74 Å². The van der Waals surface area contributed by atoms with Gasteiger partial charge in [0.2, 0.25) is 0 Å². The van der Waals surface area contributed by atoms with E-state index in [2.05, 4.69) is 39.3 Å². The van der Waals surface area contributed by atoms with Gasteiger partial charge in [0.25, 0.3) is 0 Å². The SMILES string of the molecule is Cc1ncc(COc2cccc(Br)c2)n1C(C)C. The highest BCUT2D eigenvalue weighted by Gasteiger charge is 2.10. The summed E-state index contributed by atoms with van der Waals surface area (Å²) in [4.78, 5) is 4.34. The normalized spacial score (nSPS) is 10.9. The molecule has 0 bridgehead atoms. The maximum absolute atomic E-state index is 5.79. The molecule has 0 aliphatic carbocycles. The molecule has 0 fully saturated rings. The van der Waals surface area contributed by atoms with Crippen molar-refractivity contribution in [3.8, 4) is 5.75 Å². The molecular formula is C14H17BrN2O. The third-order valence-electron chi connectivity index (χ3n) is 2.76. The van der Waals surface area contributed by atoms with E-state index in [1.165, 1.54) is 0 Å². The highest BCUT2D eigenvalue weighted by molar-refractivity contribution is 9.10. The second-order valence-corrected chi connectivity index (χ2v) is 5.42. The predicted octanol–water partition coefficient (Wildman–Crippen LogP) is 4.11. The minimum atomic E-state index is 0.397. The molecule has 2 rings (SSSR count). The number of hydrogen-bond acceptors (Lipinski definition) is 2. The van der Waals surface area contributed by atoms with Crippen molar-refractivity contribution in [3.05, 3.63) is 46.5 Å². The van der Waals surface area contributed by atoms with Gasteiger partial charge in [-0.25, -0.2) is 4.98 Å². The summed E-state index contributed by atoms with van der Waals surface area (Å²) in [6, 6.07) is 8.25. The fraction of sp³-hybridized carbons (Fsp3) is 0.357. The highest BCUT2D eigenvalue weighted by Crippen LogP contribution is 2.20. The van der Waals surface area contributed by atoms with Gasteiger partial charge in [0.15, 0.2) is 0 Å². The molecule has 0 saturated heterocycles. The van der Waals surface area contributed by atoms with Crippen LogP contribution < -0.4 is 4.74 Å². The summed E-state index contributed by atoms with van der Waals surface area (Å²) in [6.07, 6.45) is 1.88. The van der Waals surface area contributed by atoms with Crippen molar-refractivity contribution < 1.29 is 4.74 Å². The Bertz CT molecular complexity index is 534. The van der Waals surface area contributed by atoms with Gasteiger partial charge in [0, 0.05) is 10.5 Å². The summed E-state index contributed by atoms with van der Waals surface area (Å²) in [5.41, 5.74) is 1.10. The zero-order valence-corrected chi connectivity index (χ0v) is 12.4. The average molecular weight is 309 g/mol. The first-order chi connectivity index (χ1) is 8.58. The Labute approximate surface area is 116 Å². The van der Waals surface area contributed by atoms with E-state index in [9.17, 15) is 0 Å². The van der Waals surface area contributed by atoms with Crippen LogP contribution in [0.1, 0.15) is 31.4 Å². The van der Waals surface area contributed by atoms with Gasteiger partial charge >= 0.3 is 0 Å². The van der Waals surface area contributed by atoms with Crippen LogP contribution in [0.25, 0.3) is 0 Å². The lowest BCUT2D eigenvalue weighted by atomic mass is 10.3. The minimum absolute atomic E-state index is 0.397. The first kappa shape index (κ1) is 13.1. The number of aromatic nitrogens is 2. The fourth-order valence-corrected chi connectivity index (χ4v) is 2.40. The van der Waals surface area contributed by atoms with Crippen LogP contribution in [0.4, 0.5) is 0 Å². The molecule has 0 aliphatic rings. The largest absolute Gasteiger partial charge is 0.487 e. The number of rotatable bonds is 4. The Balaban J connectivity index is 2.11. The number of benzene rings is 1. The lowest BCUT2D eigenvalue weighted by molar-refractivity contribution is 0.291. The summed E-state index contributed by atoms with van der Waals surface area (Å²) < 4.78 is 9.00. The van der Waals surface area contributed by atoms with E-state index in [0.717, 1.165) is 21.7 Å². The lowest BCUT2D eigenvalue weighted by Gasteiger charge is -2.14. The first-order valence-electron chi connectivity index (χ1n) is 5.99. The van der Waals surface area contributed by atoms with Crippen LogP contribution in [-0.2, 0) is 6.61 Å². The van der Waals surface area contributed by atoms with Gasteiger partial charge in [-0.1, -0.05) is 22.0 Å². The van der Waals surface area contributed by atoms with E-state index < -0.39 is 0 Å². The fourth-order valence-electron chi connectivity index (χ4n) is 2.03. The van der Waals surface area contributed by atoms with Crippen molar-refractivity contribution in [2.24, 2.45) is 0 Å². The molecule has 0 atom stereocenters. The summed E-state index contributed by atoms with van der Waals surface area (Å²) in [5.74, 6) is 1.89. The molecule has 0 spiro atoms. The maximum atomic E-state index is 5.79. The zero-order chi connectivity index (χ0) is 13.1. The Kier molecular flexibility index (Phi) is 4.07. The molecule has 0 saturated carbocycles. The third kappa shape index (κ3) is 2.93. The van der Waals surface area contributed by atoms with Crippen molar-refractivity contribution in [2.45, 2.75) is 33.4 Å². The lowest BCUT2D eigenvalue weighted by Crippen LogP contribution is -2.09. The van der Waals surface area contributed by atoms with Gasteiger partial charge in [-0.3, -0.25) is 0 Å². The summed E-state index contributed by atoms with van der Waals surface area (Å²) in [6.45, 7) is 6.85. The number of halogens is 1. The van der Waals surface area contributed by atoms with Gasteiger partial charge in [0.05, 0.1) is 11.9 Å². The second kappa shape index (κ2) is 5.57. The van der Waals surface area contributed by atoms with Crippen molar-refractivity contribution in [1.82, 2.24) is 9.55 Å². The zero-order valence-electron chi connectivity index (χ0n) is 10.9. The summed E-state index contributed by atoms with van der Waals surface area (Å²) in [5, 5.41) is 0. The smallest absolute Gasteiger partial charge is 0.130 e. The molecule has 0 aliphatic heterocycles. The second-order valence-electron chi connectivity index (χ2n) is 4.51. The molecule has 1 aromatic heterocycles. The van der Waals surface area contributed by atoms with Crippen LogP contribution >= 0.6 is 15.9 Å². The molecular weight excluding hydrogens is 292 g/mol. The van der Waals surface area contributed by atoms with Gasteiger partial charge < -0.3 is 9.30 Å². The van der Waals surface area contributed by atoms with Crippen LogP contribution in [0, 0.1) is 6.92 Å². The molecule has 18 heavy (non-hydrogen) atoms. The molecule has 1 aromatic carbocycles. The predicted molar refractivity (Wildman–Crippen MR) is 75.8 cm³/mol. The van der Waals surface area contributed by atoms with E-state index in [1.54, 1.807) is 0 Å². The molecule has 0 radical (unpaired) electrons. The maximum Gasteiger partial charge on any atom is 0.130 e. The molecule has 2 aromatic rings. The number of aryl methyl sites for hydroxylation is 1. The van der Waals surface area contributed by atoms with E-state index in [1.807, 2.05) is 37.4 Å². The quantitative estimate of drug-likeness (QED) is 0.849. The monoisotopic (exact) mass is 308 g/mol. The van der Waals surface area contributed by atoms with Gasteiger partial charge in [-0.05, 0) is 39.0 Å². The van der Waals surface area contributed by atoms with Gasteiger partial charge in [-0.15, -0.1) is 0 Å².